The molecule has 0 aliphatic carbocycles. The van der Waals surface area contributed by atoms with Crippen molar-refractivity contribution in [2.24, 2.45) is 5.73 Å². The van der Waals surface area contributed by atoms with Crippen molar-refractivity contribution in [3.8, 4) is 0 Å². The molecule has 0 aliphatic heterocycles. The lowest BCUT2D eigenvalue weighted by Gasteiger charge is -2.29. The van der Waals surface area contributed by atoms with Crippen LogP contribution in [-0.4, -0.2) is 23.4 Å². The summed E-state index contributed by atoms with van der Waals surface area (Å²) >= 11 is 0. The number of aliphatic hydroxyl groups is 1. The highest BCUT2D eigenvalue weighted by Crippen LogP contribution is 2.32. The van der Waals surface area contributed by atoms with Gasteiger partial charge in [0.2, 0.25) is 0 Å². The molecule has 1 aromatic carbocycles. The van der Waals surface area contributed by atoms with Gasteiger partial charge in [0.1, 0.15) is 0 Å². The average Bonchev–Trinajstić information content (AvgIpc) is 2.17. The molecule has 3 N–H and O–H groups in total. The fourth-order valence-corrected chi connectivity index (χ4v) is 1.22. The second-order valence-electron chi connectivity index (χ2n) is 3.40. The molecule has 1 atom stereocenters. The molecule has 0 heterocycles. The third-order valence-electron chi connectivity index (χ3n) is 2.20. The summed E-state index contributed by atoms with van der Waals surface area (Å²) in [4.78, 5) is 0. The van der Waals surface area contributed by atoms with E-state index in [0.29, 0.717) is 5.56 Å². The van der Waals surface area contributed by atoms with Crippen LogP contribution >= 0.6 is 0 Å². The van der Waals surface area contributed by atoms with Crippen LogP contribution in [0.5, 0.6) is 0 Å². The van der Waals surface area contributed by atoms with Crippen LogP contribution in [0.2, 0.25) is 0 Å². The van der Waals surface area contributed by atoms with Crippen molar-refractivity contribution in [2.75, 3.05) is 6.54 Å². The Kier molecular flexibility index (Phi) is 3.36. The Bertz CT molecular complexity index is 312. The van der Waals surface area contributed by atoms with E-state index in [4.69, 9.17) is 5.73 Å². The average molecular weight is 219 g/mol. The van der Waals surface area contributed by atoms with Crippen molar-refractivity contribution in [3.63, 3.8) is 0 Å². The third kappa shape index (κ3) is 2.70. The summed E-state index contributed by atoms with van der Waals surface area (Å²) in [7, 11) is 0. The first-order valence-corrected chi connectivity index (χ1v) is 4.42. The smallest absolute Gasteiger partial charge is 0.379 e. The van der Waals surface area contributed by atoms with Crippen LogP contribution in [-0.2, 0) is 6.42 Å². The molecule has 1 aromatic rings. The number of alkyl halides is 3. The van der Waals surface area contributed by atoms with Gasteiger partial charge in [0, 0.05) is 13.0 Å². The maximum Gasteiger partial charge on any atom is 0.418 e. The molecule has 0 saturated heterocycles. The quantitative estimate of drug-likeness (QED) is 0.808. The van der Waals surface area contributed by atoms with Crippen LogP contribution in [0.25, 0.3) is 0 Å². The molecule has 5 heteroatoms. The highest BCUT2D eigenvalue weighted by molar-refractivity contribution is 5.18. The van der Waals surface area contributed by atoms with E-state index in [1.807, 2.05) is 0 Å². The van der Waals surface area contributed by atoms with E-state index in [1.54, 1.807) is 18.2 Å². The van der Waals surface area contributed by atoms with Gasteiger partial charge in [-0.1, -0.05) is 30.3 Å². The van der Waals surface area contributed by atoms with Crippen molar-refractivity contribution in [2.45, 2.75) is 18.2 Å². The van der Waals surface area contributed by atoms with Crippen molar-refractivity contribution < 1.29 is 18.3 Å². The van der Waals surface area contributed by atoms with Gasteiger partial charge in [-0.25, -0.2) is 0 Å². The predicted octanol–water partition coefficient (Wildman–Crippen LogP) is 1.48. The zero-order valence-electron chi connectivity index (χ0n) is 7.96. The molecule has 0 aromatic heterocycles. The van der Waals surface area contributed by atoms with E-state index >= 15 is 0 Å². The fourth-order valence-electron chi connectivity index (χ4n) is 1.22. The maximum absolute atomic E-state index is 12.5. The van der Waals surface area contributed by atoms with E-state index in [2.05, 4.69) is 0 Å². The Balaban J connectivity index is 2.87. The normalized spacial score (nSPS) is 16.1. The van der Waals surface area contributed by atoms with Gasteiger partial charge in [0.05, 0.1) is 0 Å². The standard InChI is InChI=1S/C10H12F3NO/c11-10(12,13)9(15,7-14)6-8-4-2-1-3-5-8/h1-5,15H,6-7,14H2. The van der Waals surface area contributed by atoms with Crippen molar-refractivity contribution in [1.29, 1.82) is 0 Å². The lowest BCUT2D eigenvalue weighted by Crippen LogP contribution is -2.52. The predicted molar refractivity (Wildman–Crippen MR) is 50.2 cm³/mol. The third-order valence-corrected chi connectivity index (χ3v) is 2.20. The summed E-state index contributed by atoms with van der Waals surface area (Å²) in [6, 6.07) is 7.96. The second-order valence-corrected chi connectivity index (χ2v) is 3.40. The van der Waals surface area contributed by atoms with Crippen LogP contribution in [0, 0.1) is 0 Å². The second kappa shape index (κ2) is 4.20. The van der Waals surface area contributed by atoms with E-state index in [-0.39, 0.29) is 0 Å². The van der Waals surface area contributed by atoms with E-state index < -0.39 is 24.7 Å². The lowest BCUT2D eigenvalue weighted by atomic mass is 9.94. The molecule has 1 rings (SSSR count). The monoisotopic (exact) mass is 219 g/mol. The largest absolute Gasteiger partial charge is 0.418 e. The molecule has 0 aliphatic rings. The number of rotatable bonds is 3. The summed E-state index contributed by atoms with van der Waals surface area (Å²) < 4.78 is 37.4. The Morgan fingerprint density at radius 1 is 1.13 bits per heavy atom. The summed E-state index contributed by atoms with van der Waals surface area (Å²) in [6.07, 6.45) is -5.23. The van der Waals surface area contributed by atoms with Gasteiger partial charge in [0.15, 0.2) is 5.60 Å². The summed E-state index contributed by atoms with van der Waals surface area (Å²) in [6.45, 7) is -0.842. The van der Waals surface area contributed by atoms with Crippen molar-refractivity contribution >= 4 is 0 Å². The van der Waals surface area contributed by atoms with Crippen molar-refractivity contribution in [3.05, 3.63) is 35.9 Å². The van der Waals surface area contributed by atoms with Crippen LogP contribution in [0.1, 0.15) is 5.56 Å². The first-order valence-electron chi connectivity index (χ1n) is 4.42. The summed E-state index contributed by atoms with van der Waals surface area (Å²) in [5.74, 6) is 0. The van der Waals surface area contributed by atoms with Crippen LogP contribution in [0.3, 0.4) is 0 Å². The molecule has 0 bridgehead atoms. The summed E-state index contributed by atoms with van der Waals surface area (Å²) in [5, 5.41) is 9.36. The van der Waals surface area contributed by atoms with Crippen LogP contribution in [0.15, 0.2) is 30.3 Å². The van der Waals surface area contributed by atoms with Crippen LogP contribution < -0.4 is 5.73 Å². The van der Waals surface area contributed by atoms with E-state index in [0.717, 1.165) is 0 Å². The summed E-state index contributed by atoms with van der Waals surface area (Å²) in [5.41, 5.74) is 2.54. The zero-order chi connectivity index (χ0) is 11.5. The Morgan fingerprint density at radius 2 is 1.67 bits per heavy atom. The van der Waals surface area contributed by atoms with E-state index in [1.165, 1.54) is 12.1 Å². The van der Waals surface area contributed by atoms with Gasteiger partial charge in [-0.2, -0.15) is 13.2 Å². The van der Waals surface area contributed by atoms with Gasteiger partial charge in [-0.15, -0.1) is 0 Å². The molecule has 0 radical (unpaired) electrons. The van der Waals surface area contributed by atoms with Gasteiger partial charge >= 0.3 is 6.18 Å². The van der Waals surface area contributed by atoms with Gasteiger partial charge < -0.3 is 10.8 Å². The molecule has 0 amide bonds. The molecule has 0 fully saturated rings. The lowest BCUT2D eigenvalue weighted by molar-refractivity contribution is -0.255. The molecule has 0 saturated carbocycles. The molecule has 0 spiro atoms. The number of nitrogens with two attached hydrogens (primary N) is 1. The minimum atomic E-state index is -4.71. The minimum absolute atomic E-state index is 0.405. The van der Waals surface area contributed by atoms with Gasteiger partial charge in [0.25, 0.3) is 0 Å². The first kappa shape index (κ1) is 12.0. The fraction of sp³-hybridized carbons (Fsp3) is 0.400. The molecule has 84 valence electrons. The molecule has 15 heavy (non-hydrogen) atoms. The molecular weight excluding hydrogens is 207 g/mol. The molecular formula is C10H12F3NO. The Hall–Kier alpha value is -1.07. The number of hydrogen-bond acceptors (Lipinski definition) is 2. The Morgan fingerprint density at radius 3 is 2.07 bits per heavy atom. The highest BCUT2D eigenvalue weighted by Gasteiger charge is 2.52. The number of benzene rings is 1. The minimum Gasteiger partial charge on any atom is -0.379 e. The van der Waals surface area contributed by atoms with Gasteiger partial charge in [-0.05, 0) is 5.56 Å². The number of halogens is 3. The maximum atomic E-state index is 12.5. The van der Waals surface area contributed by atoms with Gasteiger partial charge in [-0.3, -0.25) is 0 Å². The van der Waals surface area contributed by atoms with Crippen LogP contribution in [0.4, 0.5) is 13.2 Å². The first-order chi connectivity index (χ1) is 6.89. The van der Waals surface area contributed by atoms with Crippen molar-refractivity contribution in [1.82, 2.24) is 0 Å². The molecule has 1 unspecified atom stereocenters. The molecule has 2 nitrogen and oxygen atoms in total. The zero-order valence-corrected chi connectivity index (χ0v) is 7.96. The highest BCUT2D eigenvalue weighted by atomic mass is 19.4. The number of hydrogen-bond donors (Lipinski definition) is 2. The Labute approximate surface area is 85.5 Å². The topological polar surface area (TPSA) is 46.2 Å². The SMILES string of the molecule is NCC(O)(Cc1ccccc1)C(F)(F)F. The van der Waals surface area contributed by atoms with E-state index in [9.17, 15) is 18.3 Å².